The molecule has 0 aromatic heterocycles. The Labute approximate surface area is 87.9 Å². The van der Waals surface area contributed by atoms with Crippen LogP contribution in [0.15, 0.2) is 23.8 Å². The molecule has 1 unspecified atom stereocenters. The lowest BCUT2D eigenvalue weighted by molar-refractivity contribution is -0.114. The van der Waals surface area contributed by atoms with Crippen LogP contribution in [0.4, 0.5) is 0 Å². The smallest absolute Gasteiger partial charge is 0.130 e. The maximum atomic E-state index is 11.1. The Balaban J connectivity index is 4.61. The molecular formula is C13H22O. The van der Waals surface area contributed by atoms with Crippen molar-refractivity contribution in [1.29, 1.82) is 0 Å². The highest BCUT2D eigenvalue weighted by Crippen LogP contribution is 2.27. The minimum atomic E-state index is -0.271. The number of carbonyl (C=O) groups excluding carboxylic acids is 1. The van der Waals surface area contributed by atoms with Crippen molar-refractivity contribution >= 4 is 6.29 Å². The minimum Gasteiger partial charge on any atom is -0.302 e. The predicted molar refractivity (Wildman–Crippen MR) is 62.3 cm³/mol. The van der Waals surface area contributed by atoms with Gasteiger partial charge in [0.05, 0.1) is 0 Å². The molecule has 0 aliphatic rings. The molecule has 0 aromatic carbocycles. The highest BCUT2D eigenvalue weighted by Gasteiger charge is 2.22. The van der Waals surface area contributed by atoms with E-state index >= 15 is 0 Å². The number of rotatable bonds is 6. The van der Waals surface area contributed by atoms with Crippen molar-refractivity contribution in [2.75, 3.05) is 0 Å². The van der Waals surface area contributed by atoms with Crippen LogP contribution in [0, 0.1) is 5.41 Å². The number of aldehydes is 1. The van der Waals surface area contributed by atoms with Crippen molar-refractivity contribution < 1.29 is 4.79 Å². The van der Waals surface area contributed by atoms with Crippen LogP contribution in [-0.2, 0) is 4.79 Å². The van der Waals surface area contributed by atoms with E-state index in [4.69, 9.17) is 0 Å². The fraction of sp³-hybridized carbons (Fsp3) is 0.615. The Kier molecular flexibility index (Phi) is 6.18. The largest absolute Gasteiger partial charge is 0.302 e. The Morgan fingerprint density at radius 3 is 2.29 bits per heavy atom. The van der Waals surface area contributed by atoms with Crippen LogP contribution in [-0.4, -0.2) is 6.29 Å². The van der Waals surface area contributed by atoms with Gasteiger partial charge in [0.15, 0.2) is 0 Å². The third-order valence-corrected chi connectivity index (χ3v) is 2.47. The van der Waals surface area contributed by atoms with Crippen LogP contribution in [0.1, 0.15) is 47.0 Å². The van der Waals surface area contributed by atoms with Gasteiger partial charge in [0, 0.05) is 5.41 Å². The third kappa shape index (κ3) is 4.40. The quantitative estimate of drug-likeness (QED) is 0.463. The molecule has 1 heteroatoms. The monoisotopic (exact) mass is 194 g/mol. The first-order chi connectivity index (χ1) is 6.60. The molecule has 80 valence electrons. The molecule has 0 amide bonds. The highest BCUT2D eigenvalue weighted by molar-refractivity contribution is 5.63. The molecule has 1 atom stereocenters. The predicted octanol–water partition coefficient (Wildman–Crippen LogP) is 3.90. The molecule has 14 heavy (non-hydrogen) atoms. The number of hydrogen-bond donors (Lipinski definition) is 0. The van der Waals surface area contributed by atoms with E-state index in [1.54, 1.807) is 0 Å². The normalized spacial score (nSPS) is 15.1. The van der Waals surface area contributed by atoms with Gasteiger partial charge in [-0.15, -0.1) is 0 Å². The molecule has 0 saturated carbocycles. The van der Waals surface area contributed by atoms with E-state index in [0.717, 1.165) is 25.5 Å². The average molecular weight is 194 g/mol. The molecule has 0 aliphatic carbocycles. The Hall–Kier alpha value is -0.850. The zero-order valence-electron chi connectivity index (χ0n) is 9.84. The van der Waals surface area contributed by atoms with E-state index < -0.39 is 0 Å². The summed E-state index contributed by atoms with van der Waals surface area (Å²) in [5.74, 6) is 0. The molecule has 0 heterocycles. The molecule has 0 aliphatic heterocycles. The van der Waals surface area contributed by atoms with Gasteiger partial charge >= 0.3 is 0 Å². The van der Waals surface area contributed by atoms with Crippen LogP contribution in [0.5, 0.6) is 0 Å². The van der Waals surface area contributed by atoms with Crippen molar-refractivity contribution in [1.82, 2.24) is 0 Å². The first-order valence-corrected chi connectivity index (χ1v) is 5.37. The SMILES string of the molecule is CC/C=C/C(C=O)(CC)CC=C(C)C. The molecule has 0 aromatic rings. The van der Waals surface area contributed by atoms with Crippen LogP contribution >= 0.6 is 0 Å². The molecular weight excluding hydrogens is 172 g/mol. The van der Waals surface area contributed by atoms with Gasteiger partial charge in [-0.25, -0.2) is 0 Å². The molecule has 0 N–H and O–H groups in total. The average Bonchev–Trinajstić information content (AvgIpc) is 2.19. The summed E-state index contributed by atoms with van der Waals surface area (Å²) in [6, 6.07) is 0. The lowest BCUT2D eigenvalue weighted by atomic mass is 9.82. The fourth-order valence-corrected chi connectivity index (χ4v) is 1.25. The van der Waals surface area contributed by atoms with Crippen LogP contribution in [0.3, 0.4) is 0 Å². The number of hydrogen-bond acceptors (Lipinski definition) is 1. The van der Waals surface area contributed by atoms with Gasteiger partial charge < -0.3 is 4.79 Å². The fourth-order valence-electron chi connectivity index (χ4n) is 1.25. The summed E-state index contributed by atoms with van der Waals surface area (Å²) in [7, 11) is 0. The maximum Gasteiger partial charge on any atom is 0.130 e. The lowest BCUT2D eigenvalue weighted by Crippen LogP contribution is -2.17. The second kappa shape index (κ2) is 6.58. The summed E-state index contributed by atoms with van der Waals surface area (Å²) in [5.41, 5.74) is 1.00. The number of allylic oxidation sites excluding steroid dienone is 4. The Morgan fingerprint density at radius 2 is 1.93 bits per heavy atom. The van der Waals surface area contributed by atoms with E-state index in [1.807, 2.05) is 0 Å². The molecule has 0 rings (SSSR count). The van der Waals surface area contributed by atoms with Crippen molar-refractivity contribution in [3.63, 3.8) is 0 Å². The number of carbonyl (C=O) groups is 1. The first kappa shape index (κ1) is 13.2. The van der Waals surface area contributed by atoms with Crippen molar-refractivity contribution in [2.24, 2.45) is 5.41 Å². The van der Waals surface area contributed by atoms with Gasteiger partial charge in [0.2, 0.25) is 0 Å². The van der Waals surface area contributed by atoms with Gasteiger partial charge in [-0.05, 0) is 33.1 Å². The van der Waals surface area contributed by atoms with Crippen LogP contribution in [0.2, 0.25) is 0 Å². The van der Waals surface area contributed by atoms with E-state index in [0.29, 0.717) is 0 Å². The van der Waals surface area contributed by atoms with Gasteiger partial charge in [0.1, 0.15) is 6.29 Å². The Bertz CT molecular complexity index is 221. The zero-order chi connectivity index (χ0) is 11.0. The summed E-state index contributed by atoms with van der Waals surface area (Å²) < 4.78 is 0. The lowest BCUT2D eigenvalue weighted by Gasteiger charge is -2.20. The molecule has 0 spiro atoms. The van der Waals surface area contributed by atoms with Gasteiger partial charge in [-0.2, -0.15) is 0 Å². The summed E-state index contributed by atoms with van der Waals surface area (Å²) in [4.78, 5) is 11.1. The zero-order valence-corrected chi connectivity index (χ0v) is 9.84. The molecule has 1 nitrogen and oxygen atoms in total. The van der Waals surface area contributed by atoms with Crippen molar-refractivity contribution in [3.05, 3.63) is 23.8 Å². The topological polar surface area (TPSA) is 17.1 Å². The second-order valence-corrected chi connectivity index (χ2v) is 4.00. The van der Waals surface area contributed by atoms with Crippen LogP contribution < -0.4 is 0 Å². The standard InChI is InChI=1S/C13H22O/c1-5-7-9-13(6-2,11-14)10-8-12(3)4/h7-9,11H,5-6,10H2,1-4H3/b9-7+. The van der Waals surface area contributed by atoms with E-state index in [-0.39, 0.29) is 5.41 Å². The summed E-state index contributed by atoms with van der Waals surface area (Å²) in [6.45, 7) is 8.28. The Morgan fingerprint density at radius 1 is 1.29 bits per heavy atom. The summed E-state index contributed by atoms with van der Waals surface area (Å²) in [5, 5.41) is 0. The molecule has 0 bridgehead atoms. The van der Waals surface area contributed by atoms with E-state index in [9.17, 15) is 4.79 Å². The first-order valence-electron chi connectivity index (χ1n) is 5.37. The van der Waals surface area contributed by atoms with Gasteiger partial charge in [-0.3, -0.25) is 0 Å². The minimum absolute atomic E-state index is 0.271. The van der Waals surface area contributed by atoms with Gasteiger partial charge in [0.25, 0.3) is 0 Å². The third-order valence-electron chi connectivity index (χ3n) is 2.47. The molecule has 0 saturated heterocycles. The maximum absolute atomic E-state index is 11.1. The summed E-state index contributed by atoms with van der Waals surface area (Å²) in [6.07, 6.45) is 10.0. The van der Waals surface area contributed by atoms with Crippen LogP contribution in [0.25, 0.3) is 0 Å². The second-order valence-electron chi connectivity index (χ2n) is 4.00. The van der Waals surface area contributed by atoms with E-state index in [2.05, 4.69) is 45.9 Å². The summed E-state index contributed by atoms with van der Waals surface area (Å²) >= 11 is 0. The molecule has 0 radical (unpaired) electrons. The van der Waals surface area contributed by atoms with E-state index in [1.165, 1.54) is 5.57 Å². The highest BCUT2D eigenvalue weighted by atomic mass is 16.1. The van der Waals surface area contributed by atoms with Gasteiger partial charge in [-0.1, -0.05) is 37.6 Å². The van der Waals surface area contributed by atoms with Crippen molar-refractivity contribution in [3.8, 4) is 0 Å². The van der Waals surface area contributed by atoms with Crippen molar-refractivity contribution in [2.45, 2.75) is 47.0 Å². The molecule has 0 fully saturated rings.